The average Bonchev–Trinajstić information content (AvgIpc) is 2.68. The van der Waals surface area contributed by atoms with E-state index in [0.29, 0.717) is 18.4 Å². The van der Waals surface area contributed by atoms with Crippen LogP contribution >= 0.6 is 0 Å². The van der Waals surface area contributed by atoms with Crippen LogP contribution in [0.5, 0.6) is 5.75 Å². The average molecular weight is 406 g/mol. The van der Waals surface area contributed by atoms with Crippen LogP contribution in [0.2, 0.25) is 0 Å². The Morgan fingerprint density at radius 3 is 2.03 bits per heavy atom. The number of halogens is 5. The van der Waals surface area contributed by atoms with Crippen molar-refractivity contribution in [2.45, 2.75) is 32.8 Å². The number of alkyl halides is 2. The molecule has 6 heteroatoms. The van der Waals surface area contributed by atoms with Gasteiger partial charge in [-0.05, 0) is 61.6 Å². The second kappa shape index (κ2) is 8.23. The van der Waals surface area contributed by atoms with Gasteiger partial charge in [0.05, 0.1) is 5.56 Å². The fraction of sp³-hybridized carbons (Fsp3) is 0.217. The predicted octanol–water partition coefficient (Wildman–Crippen LogP) is 6.63. The Bertz CT molecular complexity index is 1010. The monoisotopic (exact) mass is 406 g/mol. The number of hydrogen-bond acceptors (Lipinski definition) is 1. The van der Waals surface area contributed by atoms with Crippen molar-refractivity contribution < 1.29 is 26.7 Å². The zero-order valence-electron chi connectivity index (χ0n) is 15.9. The second-order valence-corrected chi connectivity index (χ2v) is 6.93. The van der Waals surface area contributed by atoms with Crippen LogP contribution in [0.15, 0.2) is 54.6 Å². The van der Waals surface area contributed by atoms with Gasteiger partial charge in [0.25, 0.3) is 0 Å². The van der Waals surface area contributed by atoms with E-state index in [4.69, 9.17) is 0 Å². The van der Waals surface area contributed by atoms with Crippen LogP contribution in [0.1, 0.15) is 27.8 Å². The molecular weight excluding hydrogens is 387 g/mol. The maximum absolute atomic E-state index is 14.4. The van der Waals surface area contributed by atoms with E-state index in [1.807, 2.05) is 31.2 Å². The predicted molar refractivity (Wildman–Crippen MR) is 101 cm³/mol. The first kappa shape index (κ1) is 20.8. The van der Waals surface area contributed by atoms with Crippen molar-refractivity contribution >= 4 is 0 Å². The molecule has 3 aromatic rings. The van der Waals surface area contributed by atoms with E-state index in [2.05, 4.69) is 4.74 Å². The molecule has 29 heavy (non-hydrogen) atoms. The van der Waals surface area contributed by atoms with Crippen molar-refractivity contribution in [2.75, 3.05) is 0 Å². The molecule has 0 aliphatic rings. The van der Waals surface area contributed by atoms with Crippen LogP contribution in [0.25, 0.3) is 0 Å². The summed E-state index contributed by atoms with van der Waals surface area (Å²) in [5.41, 5.74) is 1.61. The third kappa shape index (κ3) is 4.75. The van der Waals surface area contributed by atoms with E-state index in [9.17, 15) is 22.0 Å². The Hall–Kier alpha value is -2.89. The van der Waals surface area contributed by atoms with E-state index >= 15 is 0 Å². The molecule has 0 saturated heterocycles. The molecule has 0 aliphatic carbocycles. The van der Waals surface area contributed by atoms with Gasteiger partial charge in [-0.1, -0.05) is 42.0 Å². The SMILES string of the molecule is Cc1ccc(CCc2ccc(C(F)(F)Oc3ccc(C)c(F)c3F)c(F)c2)cc1. The van der Waals surface area contributed by atoms with E-state index < -0.39 is 34.9 Å². The summed E-state index contributed by atoms with van der Waals surface area (Å²) in [6, 6.07) is 13.1. The van der Waals surface area contributed by atoms with Crippen molar-refractivity contribution in [2.24, 2.45) is 0 Å². The second-order valence-electron chi connectivity index (χ2n) is 6.93. The van der Waals surface area contributed by atoms with E-state index in [1.165, 1.54) is 13.0 Å². The quantitative estimate of drug-likeness (QED) is 0.417. The van der Waals surface area contributed by atoms with Crippen LogP contribution in [0.3, 0.4) is 0 Å². The fourth-order valence-electron chi connectivity index (χ4n) is 2.89. The summed E-state index contributed by atoms with van der Waals surface area (Å²) in [4.78, 5) is 0. The Balaban J connectivity index is 1.76. The van der Waals surface area contributed by atoms with Crippen molar-refractivity contribution in [3.05, 3.63) is 99.9 Å². The van der Waals surface area contributed by atoms with Crippen molar-refractivity contribution in [1.82, 2.24) is 0 Å². The van der Waals surface area contributed by atoms with Gasteiger partial charge < -0.3 is 4.74 Å². The van der Waals surface area contributed by atoms with Crippen molar-refractivity contribution in [3.63, 3.8) is 0 Å². The molecule has 0 heterocycles. The largest absolute Gasteiger partial charge is 0.429 e. The molecule has 0 bridgehead atoms. The standard InChI is InChI=1S/C23H19F5O/c1-14-3-6-16(7-4-14)8-9-17-10-11-18(19(24)13-17)23(27,28)29-20-12-5-15(2)21(25)22(20)26/h3-7,10-13H,8-9H2,1-2H3. The van der Waals surface area contributed by atoms with E-state index in [0.717, 1.165) is 35.4 Å². The zero-order chi connectivity index (χ0) is 21.2. The number of aryl methyl sites for hydroxylation is 4. The molecule has 0 atom stereocenters. The van der Waals surface area contributed by atoms with Crippen LogP contribution in [-0.4, -0.2) is 0 Å². The van der Waals surface area contributed by atoms with Crippen LogP contribution in [0, 0.1) is 31.3 Å². The fourth-order valence-corrected chi connectivity index (χ4v) is 2.89. The lowest BCUT2D eigenvalue weighted by atomic mass is 10.0. The molecule has 0 saturated carbocycles. The van der Waals surface area contributed by atoms with E-state index in [-0.39, 0.29) is 5.56 Å². The van der Waals surface area contributed by atoms with Gasteiger partial charge >= 0.3 is 6.11 Å². The van der Waals surface area contributed by atoms with Crippen LogP contribution in [0.4, 0.5) is 22.0 Å². The smallest absolute Gasteiger partial charge is 0.426 e. The van der Waals surface area contributed by atoms with Gasteiger partial charge in [0.2, 0.25) is 5.82 Å². The molecule has 3 rings (SSSR count). The van der Waals surface area contributed by atoms with Gasteiger partial charge in [0.1, 0.15) is 5.82 Å². The van der Waals surface area contributed by atoms with Crippen LogP contribution in [-0.2, 0) is 19.0 Å². The van der Waals surface area contributed by atoms with Gasteiger partial charge in [-0.2, -0.15) is 13.2 Å². The first-order valence-electron chi connectivity index (χ1n) is 9.03. The minimum atomic E-state index is -4.16. The van der Waals surface area contributed by atoms with Gasteiger partial charge in [-0.25, -0.2) is 8.78 Å². The lowest BCUT2D eigenvalue weighted by Gasteiger charge is -2.20. The molecule has 0 aliphatic heterocycles. The molecule has 0 N–H and O–H groups in total. The number of benzene rings is 3. The van der Waals surface area contributed by atoms with Crippen molar-refractivity contribution in [1.29, 1.82) is 0 Å². The molecule has 0 fully saturated rings. The number of rotatable bonds is 6. The highest BCUT2D eigenvalue weighted by Crippen LogP contribution is 2.35. The molecular formula is C23H19F5O. The summed E-state index contributed by atoms with van der Waals surface area (Å²) in [6.07, 6.45) is -3.08. The highest BCUT2D eigenvalue weighted by Gasteiger charge is 2.38. The Kier molecular flexibility index (Phi) is 5.91. The van der Waals surface area contributed by atoms with Gasteiger partial charge in [0, 0.05) is 0 Å². The molecule has 0 unspecified atom stereocenters. The molecule has 0 amide bonds. The van der Waals surface area contributed by atoms with Gasteiger partial charge in [-0.3, -0.25) is 0 Å². The third-order valence-corrected chi connectivity index (χ3v) is 4.65. The minimum absolute atomic E-state index is 0.0534. The third-order valence-electron chi connectivity index (χ3n) is 4.65. The molecule has 3 aromatic carbocycles. The molecule has 152 valence electrons. The summed E-state index contributed by atoms with van der Waals surface area (Å²) >= 11 is 0. The highest BCUT2D eigenvalue weighted by molar-refractivity contribution is 5.33. The summed E-state index contributed by atoms with van der Waals surface area (Å²) in [5, 5.41) is 0. The van der Waals surface area contributed by atoms with Gasteiger partial charge in [-0.15, -0.1) is 0 Å². The maximum Gasteiger partial charge on any atom is 0.429 e. The lowest BCUT2D eigenvalue weighted by molar-refractivity contribution is -0.189. The minimum Gasteiger partial charge on any atom is -0.426 e. The first-order valence-corrected chi connectivity index (χ1v) is 9.03. The topological polar surface area (TPSA) is 9.23 Å². The van der Waals surface area contributed by atoms with Crippen LogP contribution < -0.4 is 4.74 Å². The van der Waals surface area contributed by atoms with Gasteiger partial charge in [0.15, 0.2) is 11.6 Å². The molecule has 0 radical (unpaired) electrons. The molecule has 1 nitrogen and oxygen atoms in total. The molecule has 0 aromatic heterocycles. The Morgan fingerprint density at radius 1 is 0.759 bits per heavy atom. The summed E-state index contributed by atoms with van der Waals surface area (Å²) in [6.45, 7) is 3.26. The number of ether oxygens (including phenoxy) is 1. The number of hydrogen-bond donors (Lipinski definition) is 0. The van der Waals surface area contributed by atoms with Crippen molar-refractivity contribution in [3.8, 4) is 5.75 Å². The highest BCUT2D eigenvalue weighted by atomic mass is 19.3. The summed E-state index contributed by atoms with van der Waals surface area (Å²) in [5.74, 6) is -4.99. The summed E-state index contributed by atoms with van der Waals surface area (Å²) in [7, 11) is 0. The first-order chi connectivity index (χ1) is 13.7. The Morgan fingerprint density at radius 2 is 1.38 bits per heavy atom. The maximum atomic E-state index is 14.4. The van der Waals surface area contributed by atoms with E-state index in [1.54, 1.807) is 0 Å². The Labute approximate surface area is 165 Å². The normalized spacial score (nSPS) is 11.6. The molecule has 0 spiro atoms. The zero-order valence-corrected chi connectivity index (χ0v) is 15.9. The summed E-state index contributed by atoms with van der Waals surface area (Å²) < 4.78 is 74.8. The lowest BCUT2D eigenvalue weighted by Crippen LogP contribution is -2.24.